The first-order chi connectivity index (χ1) is 14.1. The largest absolute Gasteiger partial charge is 0.387 e. The van der Waals surface area contributed by atoms with E-state index in [1.54, 1.807) is 6.92 Å². The zero-order chi connectivity index (χ0) is 20.2. The Morgan fingerprint density at radius 1 is 1.03 bits per heavy atom. The van der Waals surface area contributed by atoms with Gasteiger partial charge in [0.25, 0.3) is 0 Å². The summed E-state index contributed by atoms with van der Waals surface area (Å²) in [6, 6.07) is 8.82. The maximum absolute atomic E-state index is 12.7. The summed E-state index contributed by atoms with van der Waals surface area (Å²) >= 11 is 0. The van der Waals surface area contributed by atoms with Crippen molar-refractivity contribution < 1.29 is 4.79 Å². The van der Waals surface area contributed by atoms with Crippen LogP contribution in [0.2, 0.25) is 0 Å². The Bertz CT molecular complexity index is 893. The lowest BCUT2D eigenvalue weighted by molar-refractivity contribution is 0.0998. The number of rotatable bonds is 4. The van der Waals surface area contributed by atoms with Crippen LogP contribution in [-0.2, 0) is 0 Å². The lowest BCUT2D eigenvalue weighted by Gasteiger charge is -2.36. The van der Waals surface area contributed by atoms with Gasteiger partial charge < -0.3 is 16.0 Å². The van der Waals surface area contributed by atoms with Crippen molar-refractivity contribution in [3.63, 3.8) is 0 Å². The van der Waals surface area contributed by atoms with Gasteiger partial charge in [0.2, 0.25) is 0 Å². The maximum Gasteiger partial charge on any atom is 0.301 e. The summed E-state index contributed by atoms with van der Waals surface area (Å²) in [6.45, 7) is 3.31. The summed E-state index contributed by atoms with van der Waals surface area (Å²) in [7, 11) is 0. The van der Waals surface area contributed by atoms with Gasteiger partial charge in [-0.25, -0.2) is 9.97 Å². The highest BCUT2D eigenvalue weighted by Crippen LogP contribution is 2.26. The number of carbonyl (C=O) groups is 1. The maximum atomic E-state index is 12.7. The predicted molar refractivity (Wildman–Crippen MR) is 116 cm³/mol. The van der Waals surface area contributed by atoms with Crippen LogP contribution in [0.4, 0.5) is 5.82 Å². The molecule has 7 nitrogen and oxygen atoms in total. The van der Waals surface area contributed by atoms with Crippen LogP contribution in [0, 0.1) is 0 Å². The van der Waals surface area contributed by atoms with Gasteiger partial charge in [0.15, 0.2) is 11.5 Å². The first-order valence-corrected chi connectivity index (χ1v) is 10.7. The van der Waals surface area contributed by atoms with Crippen molar-refractivity contribution in [2.45, 2.75) is 64.0 Å². The van der Waals surface area contributed by atoms with Gasteiger partial charge in [-0.3, -0.25) is 4.79 Å². The van der Waals surface area contributed by atoms with E-state index in [0.717, 1.165) is 31.4 Å². The Kier molecular flexibility index (Phi) is 6.04. The van der Waals surface area contributed by atoms with Crippen LogP contribution in [0.1, 0.15) is 62.4 Å². The van der Waals surface area contributed by atoms with E-state index < -0.39 is 5.91 Å². The quantitative estimate of drug-likeness (QED) is 0.611. The SMILES string of the molecule is CC(N)=NC(=O)c1nc2ccccc2nc1N1CCC(NC2CCCCC2)CC1. The Morgan fingerprint density at radius 2 is 1.66 bits per heavy atom. The number of nitrogens with zero attached hydrogens (tertiary/aromatic N) is 4. The van der Waals surface area contributed by atoms with Gasteiger partial charge in [0.05, 0.1) is 11.0 Å². The molecule has 0 spiro atoms. The second-order valence-corrected chi connectivity index (χ2v) is 8.21. The Balaban J connectivity index is 1.53. The van der Waals surface area contributed by atoms with Crippen LogP contribution in [0.3, 0.4) is 0 Å². The fourth-order valence-corrected chi connectivity index (χ4v) is 4.43. The molecule has 7 heteroatoms. The number of para-hydroxylation sites is 2. The number of amides is 1. The third-order valence-corrected chi connectivity index (χ3v) is 5.90. The molecule has 3 N–H and O–H groups in total. The molecule has 2 aromatic rings. The number of anilines is 1. The van der Waals surface area contributed by atoms with E-state index in [1.807, 2.05) is 24.3 Å². The molecule has 154 valence electrons. The molecular weight excluding hydrogens is 364 g/mol. The Hall–Kier alpha value is -2.54. The third kappa shape index (κ3) is 4.72. The first kappa shape index (κ1) is 19.8. The number of benzene rings is 1. The minimum Gasteiger partial charge on any atom is -0.387 e. The normalized spacial score (nSPS) is 19.6. The smallest absolute Gasteiger partial charge is 0.301 e. The minimum absolute atomic E-state index is 0.228. The molecule has 4 rings (SSSR count). The number of fused-ring (bicyclic) bond motifs is 1. The van der Waals surface area contributed by atoms with Crippen LogP contribution in [0.15, 0.2) is 29.3 Å². The van der Waals surface area contributed by atoms with Gasteiger partial charge in [-0.1, -0.05) is 31.4 Å². The fourth-order valence-electron chi connectivity index (χ4n) is 4.43. The number of hydrogen-bond acceptors (Lipinski definition) is 5. The van der Waals surface area contributed by atoms with Gasteiger partial charge in [-0.2, -0.15) is 4.99 Å². The molecule has 1 aromatic heterocycles. The molecule has 2 aliphatic rings. The van der Waals surface area contributed by atoms with Gasteiger partial charge in [0, 0.05) is 25.2 Å². The summed E-state index contributed by atoms with van der Waals surface area (Å²) in [5, 5.41) is 3.85. The van der Waals surface area contributed by atoms with Crippen molar-refractivity contribution in [3.05, 3.63) is 30.0 Å². The van der Waals surface area contributed by atoms with Gasteiger partial charge >= 0.3 is 5.91 Å². The minimum atomic E-state index is -0.430. The van der Waals surface area contributed by atoms with Crippen LogP contribution < -0.4 is 16.0 Å². The molecule has 1 aliphatic heterocycles. The molecule has 1 saturated carbocycles. The average molecular weight is 395 g/mol. The summed E-state index contributed by atoms with van der Waals surface area (Å²) in [5.41, 5.74) is 7.40. The first-order valence-electron chi connectivity index (χ1n) is 10.7. The zero-order valence-electron chi connectivity index (χ0n) is 17.1. The van der Waals surface area contributed by atoms with Gasteiger partial charge in [0.1, 0.15) is 5.84 Å². The van der Waals surface area contributed by atoms with Crippen LogP contribution in [0.25, 0.3) is 11.0 Å². The van der Waals surface area contributed by atoms with Gasteiger partial charge in [-0.05, 0) is 44.7 Å². The second-order valence-electron chi connectivity index (χ2n) is 8.21. The molecule has 0 atom stereocenters. The predicted octanol–water partition coefficient (Wildman–Crippen LogP) is 3.04. The number of carbonyl (C=O) groups excluding carboxylic acids is 1. The Morgan fingerprint density at radius 3 is 2.31 bits per heavy atom. The molecule has 0 radical (unpaired) electrons. The third-order valence-electron chi connectivity index (χ3n) is 5.90. The molecule has 1 amide bonds. The molecule has 0 bridgehead atoms. The number of aromatic nitrogens is 2. The van der Waals surface area contributed by atoms with Crippen molar-refractivity contribution in [1.82, 2.24) is 15.3 Å². The molecule has 2 fully saturated rings. The lowest BCUT2D eigenvalue weighted by atomic mass is 9.93. The summed E-state index contributed by atoms with van der Waals surface area (Å²) in [6.07, 6.45) is 8.73. The average Bonchev–Trinajstić information content (AvgIpc) is 2.73. The van der Waals surface area contributed by atoms with Crippen molar-refractivity contribution in [3.8, 4) is 0 Å². The van der Waals surface area contributed by atoms with Gasteiger partial charge in [-0.15, -0.1) is 0 Å². The highest BCUT2D eigenvalue weighted by molar-refractivity contribution is 6.05. The standard InChI is InChI=1S/C22H30N6O/c1-15(23)24-22(29)20-21(27-19-10-6-5-9-18(19)26-20)28-13-11-17(12-14-28)25-16-7-3-2-4-8-16/h5-6,9-10,16-17,25H,2-4,7-8,11-14H2,1H3,(H2,23,24,29). The van der Waals surface area contributed by atoms with Crippen molar-refractivity contribution in [2.75, 3.05) is 18.0 Å². The van der Waals surface area contributed by atoms with E-state index in [0.29, 0.717) is 23.4 Å². The highest BCUT2D eigenvalue weighted by atomic mass is 16.1. The molecule has 1 aliphatic carbocycles. The van der Waals surface area contributed by atoms with E-state index in [4.69, 9.17) is 10.7 Å². The monoisotopic (exact) mass is 394 g/mol. The van der Waals surface area contributed by atoms with Crippen molar-refractivity contribution in [2.24, 2.45) is 10.7 Å². The second kappa shape index (κ2) is 8.86. The lowest BCUT2D eigenvalue weighted by Crippen LogP contribution is -2.47. The zero-order valence-corrected chi connectivity index (χ0v) is 17.1. The molecule has 0 unspecified atom stereocenters. The van der Waals surface area contributed by atoms with Crippen LogP contribution in [0.5, 0.6) is 0 Å². The number of nitrogens with two attached hydrogens (primary N) is 1. The summed E-state index contributed by atoms with van der Waals surface area (Å²) in [5.74, 6) is 0.418. The number of hydrogen-bond donors (Lipinski definition) is 2. The van der Waals surface area contributed by atoms with E-state index in [9.17, 15) is 4.79 Å². The number of nitrogens with one attached hydrogen (secondary N) is 1. The molecule has 1 aromatic carbocycles. The molecule has 2 heterocycles. The number of amidine groups is 1. The summed E-state index contributed by atoms with van der Waals surface area (Å²) in [4.78, 5) is 28.1. The topological polar surface area (TPSA) is 96.5 Å². The van der Waals surface area contributed by atoms with Crippen molar-refractivity contribution in [1.29, 1.82) is 0 Å². The molecule has 29 heavy (non-hydrogen) atoms. The van der Waals surface area contributed by atoms with E-state index >= 15 is 0 Å². The fraction of sp³-hybridized carbons (Fsp3) is 0.545. The number of aliphatic imine (C=N–C) groups is 1. The van der Waals surface area contributed by atoms with Crippen LogP contribution in [-0.4, -0.2) is 46.9 Å². The number of piperidine rings is 1. The summed E-state index contributed by atoms with van der Waals surface area (Å²) < 4.78 is 0. The highest BCUT2D eigenvalue weighted by Gasteiger charge is 2.27. The Labute approximate surface area is 171 Å². The molecular formula is C22H30N6O. The van der Waals surface area contributed by atoms with E-state index in [1.165, 1.54) is 32.1 Å². The van der Waals surface area contributed by atoms with Crippen molar-refractivity contribution >= 4 is 28.6 Å². The van der Waals surface area contributed by atoms with E-state index in [-0.39, 0.29) is 11.5 Å². The molecule has 1 saturated heterocycles. The van der Waals surface area contributed by atoms with E-state index in [2.05, 4.69) is 20.2 Å². The van der Waals surface area contributed by atoms with Crippen LogP contribution >= 0.6 is 0 Å².